The number of benzene rings is 2. The van der Waals surface area contributed by atoms with Crippen LogP contribution in [-0.4, -0.2) is 37.1 Å². The second-order valence-electron chi connectivity index (χ2n) is 6.74. The van der Waals surface area contributed by atoms with Gasteiger partial charge in [-0.05, 0) is 30.2 Å². The maximum absolute atomic E-state index is 12.8. The Morgan fingerprint density at radius 2 is 1.87 bits per heavy atom. The van der Waals surface area contributed by atoms with Gasteiger partial charge in [-0.1, -0.05) is 49.0 Å². The minimum Gasteiger partial charge on any atom is -0.325 e. The lowest BCUT2D eigenvalue weighted by atomic mass is 10.1. The summed E-state index contributed by atoms with van der Waals surface area (Å²) in [5.74, 6) is -0.0684. The van der Waals surface area contributed by atoms with Crippen LogP contribution in [0.2, 0.25) is 0 Å². The van der Waals surface area contributed by atoms with E-state index in [4.69, 9.17) is 0 Å². The lowest BCUT2D eigenvalue weighted by Gasteiger charge is -2.28. The van der Waals surface area contributed by atoms with Crippen LogP contribution in [0.4, 0.5) is 11.4 Å². The molecule has 2 heterocycles. The largest absolute Gasteiger partial charge is 0.325 e. The highest BCUT2D eigenvalue weighted by Crippen LogP contribution is 2.41. The van der Waals surface area contributed by atoms with Crippen LogP contribution in [0.3, 0.4) is 0 Å². The third-order valence-electron chi connectivity index (χ3n) is 4.85. The fraction of sp³-hybridized carbons (Fsp3) is 0.190. The van der Waals surface area contributed by atoms with E-state index in [0.29, 0.717) is 16.5 Å². The number of rotatable bonds is 5. The molecule has 2 aromatic carbocycles. The molecule has 0 atom stereocenters. The van der Waals surface area contributed by atoms with Gasteiger partial charge in [0, 0.05) is 18.3 Å². The molecule has 154 valence electrons. The molecule has 7 nitrogen and oxygen atoms in total. The topological polar surface area (TPSA) is 92.3 Å². The average Bonchev–Trinajstić information content (AvgIpc) is 2.76. The molecule has 0 saturated heterocycles. The number of fused-ring (bicyclic) bond motifs is 3. The van der Waals surface area contributed by atoms with Gasteiger partial charge < -0.3 is 5.32 Å². The molecule has 0 aliphatic carbocycles. The summed E-state index contributed by atoms with van der Waals surface area (Å²) in [7, 11) is -2.20. The molecule has 1 amide bonds. The summed E-state index contributed by atoms with van der Waals surface area (Å²) < 4.78 is 26.8. The second-order valence-corrected chi connectivity index (χ2v) is 9.62. The van der Waals surface area contributed by atoms with Crippen molar-refractivity contribution in [2.24, 2.45) is 0 Å². The average molecular weight is 441 g/mol. The molecule has 0 saturated carbocycles. The van der Waals surface area contributed by atoms with Crippen molar-refractivity contribution in [2.75, 3.05) is 22.4 Å². The van der Waals surface area contributed by atoms with Gasteiger partial charge in [-0.2, -0.15) is 0 Å². The normalized spacial score (nSPS) is 14.0. The molecule has 9 heteroatoms. The number of carbonyl (C=O) groups excluding carboxylic acids is 1. The van der Waals surface area contributed by atoms with Crippen molar-refractivity contribution in [2.45, 2.75) is 23.4 Å². The third kappa shape index (κ3) is 3.78. The molecule has 1 aliphatic heterocycles. The SMILES string of the molecule is CCc1ccc(NC(=O)CSc2ncc3c(n2)-c2ccccc2N(C)S3(=O)=O)cc1. The second kappa shape index (κ2) is 8.08. The number of carbonyl (C=O) groups is 1. The molecule has 1 N–H and O–H groups in total. The Hall–Kier alpha value is -2.91. The number of anilines is 2. The smallest absolute Gasteiger partial charge is 0.267 e. The van der Waals surface area contributed by atoms with Crippen molar-refractivity contribution in [3.8, 4) is 11.3 Å². The summed E-state index contributed by atoms with van der Waals surface area (Å²) in [6.07, 6.45) is 2.25. The molecule has 1 aromatic heterocycles. The summed E-state index contributed by atoms with van der Waals surface area (Å²) in [5, 5.41) is 3.19. The summed E-state index contributed by atoms with van der Waals surface area (Å²) in [6.45, 7) is 2.07. The molecule has 0 bridgehead atoms. The monoisotopic (exact) mass is 440 g/mol. The number of amides is 1. The van der Waals surface area contributed by atoms with E-state index in [9.17, 15) is 13.2 Å². The molecular formula is C21H20N4O3S2. The van der Waals surface area contributed by atoms with Gasteiger partial charge in [-0.3, -0.25) is 9.10 Å². The van der Waals surface area contributed by atoms with E-state index in [2.05, 4.69) is 22.2 Å². The van der Waals surface area contributed by atoms with Crippen molar-refractivity contribution >= 4 is 39.1 Å². The van der Waals surface area contributed by atoms with Gasteiger partial charge in [0.15, 0.2) is 5.16 Å². The van der Waals surface area contributed by atoms with Crippen LogP contribution in [-0.2, 0) is 21.2 Å². The van der Waals surface area contributed by atoms with Crippen LogP contribution in [0.15, 0.2) is 64.8 Å². The van der Waals surface area contributed by atoms with Gasteiger partial charge >= 0.3 is 0 Å². The predicted octanol–water partition coefficient (Wildman–Crippen LogP) is 3.58. The van der Waals surface area contributed by atoms with Crippen LogP contribution < -0.4 is 9.62 Å². The number of thioether (sulfide) groups is 1. The first-order valence-corrected chi connectivity index (χ1v) is 11.8. The van der Waals surface area contributed by atoms with Gasteiger partial charge in [-0.25, -0.2) is 18.4 Å². The van der Waals surface area contributed by atoms with Crippen LogP contribution in [0.1, 0.15) is 12.5 Å². The van der Waals surface area contributed by atoms with Crippen molar-refractivity contribution < 1.29 is 13.2 Å². The van der Waals surface area contributed by atoms with Crippen molar-refractivity contribution in [3.63, 3.8) is 0 Å². The summed E-state index contributed by atoms with van der Waals surface area (Å²) in [5.41, 5.74) is 3.57. The molecule has 0 spiro atoms. The molecule has 0 radical (unpaired) electrons. The van der Waals surface area contributed by atoms with Gasteiger partial charge in [0.05, 0.1) is 23.3 Å². The van der Waals surface area contributed by atoms with Crippen LogP contribution >= 0.6 is 11.8 Å². The van der Waals surface area contributed by atoms with E-state index in [1.165, 1.54) is 23.1 Å². The Morgan fingerprint density at radius 1 is 1.13 bits per heavy atom. The molecular weight excluding hydrogens is 420 g/mol. The zero-order chi connectivity index (χ0) is 21.3. The van der Waals surface area contributed by atoms with E-state index in [1.54, 1.807) is 12.1 Å². The van der Waals surface area contributed by atoms with E-state index < -0.39 is 10.0 Å². The van der Waals surface area contributed by atoms with Gasteiger partial charge in [0.25, 0.3) is 10.0 Å². The number of hydrogen-bond acceptors (Lipinski definition) is 6. The molecule has 4 rings (SSSR count). The van der Waals surface area contributed by atoms with Crippen LogP contribution in [0.25, 0.3) is 11.3 Å². The number of nitrogens with zero attached hydrogens (tertiary/aromatic N) is 3. The highest BCUT2D eigenvalue weighted by Gasteiger charge is 2.34. The molecule has 3 aromatic rings. The van der Waals surface area contributed by atoms with Crippen molar-refractivity contribution in [1.29, 1.82) is 0 Å². The first-order chi connectivity index (χ1) is 14.4. The van der Waals surface area contributed by atoms with E-state index >= 15 is 0 Å². The Morgan fingerprint density at radius 3 is 2.60 bits per heavy atom. The first kappa shape index (κ1) is 20.4. The summed E-state index contributed by atoms with van der Waals surface area (Å²) in [6, 6.07) is 14.9. The summed E-state index contributed by atoms with van der Waals surface area (Å²) >= 11 is 1.16. The van der Waals surface area contributed by atoms with Crippen molar-refractivity contribution in [1.82, 2.24) is 9.97 Å². The van der Waals surface area contributed by atoms with Gasteiger partial charge in [0.1, 0.15) is 4.90 Å². The number of nitrogens with one attached hydrogen (secondary N) is 1. The highest BCUT2D eigenvalue weighted by atomic mass is 32.2. The minimum absolute atomic E-state index is 0.0634. The molecule has 1 aliphatic rings. The number of para-hydroxylation sites is 1. The first-order valence-electron chi connectivity index (χ1n) is 9.37. The quantitative estimate of drug-likeness (QED) is 0.482. The maximum atomic E-state index is 12.8. The van der Waals surface area contributed by atoms with Gasteiger partial charge in [-0.15, -0.1) is 0 Å². The van der Waals surface area contributed by atoms with E-state index in [-0.39, 0.29) is 16.6 Å². The third-order valence-corrected chi connectivity index (χ3v) is 7.48. The molecule has 0 fully saturated rings. The van der Waals surface area contributed by atoms with E-state index in [1.807, 2.05) is 36.4 Å². The zero-order valence-electron chi connectivity index (χ0n) is 16.5. The predicted molar refractivity (Wildman–Crippen MR) is 118 cm³/mol. The Labute approximate surface area is 179 Å². The van der Waals surface area contributed by atoms with Crippen LogP contribution in [0.5, 0.6) is 0 Å². The lowest BCUT2D eigenvalue weighted by Crippen LogP contribution is -2.31. The fourth-order valence-electron chi connectivity index (χ4n) is 3.18. The summed E-state index contributed by atoms with van der Waals surface area (Å²) in [4.78, 5) is 21.0. The maximum Gasteiger partial charge on any atom is 0.267 e. The number of sulfonamides is 1. The number of aryl methyl sites for hydroxylation is 1. The van der Waals surface area contributed by atoms with Gasteiger partial charge in [0.2, 0.25) is 5.91 Å². The Balaban J connectivity index is 1.53. The fourth-order valence-corrected chi connectivity index (χ4v) is 5.10. The standard InChI is InChI=1S/C21H20N4O3S2/c1-3-14-8-10-15(11-9-14)23-19(26)13-29-21-22-12-18-20(24-21)16-6-4-5-7-17(16)25(2)30(18,27)28/h4-12H,3,13H2,1-2H3,(H,23,26). The molecule has 0 unspecified atom stereocenters. The van der Waals surface area contributed by atoms with E-state index in [0.717, 1.165) is 29.4 Å². The van der Waals surface area contributed by atoms with Crippen molar-refractivity contribution in [3.05, 3.63) is 60.3 Å². The number of aromatic nitrogens is 2. The Kier molecular flexibility index (Phi) is 5.48. The zero-order valence-corrected chi connectivity index (χ0v) is 18.1. The Bertz CT molecular complexity index is 1210. The number of hydrogen-bond donors (Lipinski definition) is 1. The lowest BCUT2D eigenvalue weighted by molar-refractivity contribution is -0.113. The molecule has 30 heavy (non-hydrogen) atoms. The minimum atomic E-state index is -3.71. The van der Waals surface area contributed by atoms with Crippen LogP contribution in [0, 0.1) is 0 Å². The highest BCUT2D eigenvalue weighted by molar-refractivity contribution is 7.99.